The molecular formula is C30H56N3O2+. The number of nitrogens with zero attached hydrogens (tertiary/aromatic N) is 2. The molecule has 5 nitrogen and oxygen atoms in total. The fourth-order valence-corrected chi connectivity index (χ4v) is 5.00. The first-order valence-corrected chi connectivity index (χ1v) is 14.8. The summed E-state index contributed by atoms with van der Waals surface area (Å²) in [7, 11) is 0. The van der Waals surface area contributed by atoms with E-state index < -0.39 is 5.97 Å². The van der Waals surface area contributed by atoms with E-state index >= 15 is 0 Å². The van der Waals surface area contributed by atoms with Crippen LogP contribution in [0.15, 0.2) is 29.5 Å². The Labute approximate surface area is 216 Å². The van der Waals surface area contributed by atoms with Gasteiger partial charge in [0.25, 0.3) is 0 Å². The molecule has 2 atom stereocenters. The van der Waals surface area contributed by atoms with Crippen LogP contribution in [0.1, 0.15) is 142 Å². The number of aliphatic carboxylic acids is 1. The molecule has 1 aliphatic heterocycles. The van der Waals surface area contributed by atoms with E-state index in [1.165, 1.54) is 103 Å². The normalized spacial score (nSPS) is 18.4. The van der Waals surface area contributed by atoms with Crippen LogP contribution < -0.4 is 5.73 Å². The molecule has 1 heterocycles. The maximum atomic E-state index is 11.3. The lowest BCUT2D eigenvalue weighted by atomic mass is 10.0. The van der Waals surface area contributed by atoms with Gasteiger partial charge >= 0.3 is 5.97 Å². The number of hydrogen-bond donors (Lipinski definition) is 2. The van der Waals surface area contributed by atoms with E-state index in [0.29, 0.717) is 0 Å². The van der Waals surface area contributed by atoms with E-state index in [4.69, 9.17) is 5.73 Å². The Kier molecular flexibility index (Phi) is 18.7. The monoisotopic (exact) mass is 490 g/mol. The van der Waals surface area contributed by atoms with Gasteiger partial charge in [0.15, 0.2) is 6.54 Å². The van der Waals surface area contributed by atoms with Crippen LogP contribution in [0, 0.1) is 0 Å². The third-order valence-corrected chi connectivity index (χ3v) is 7.32. The molecule has 202 valence electrons. The molecule has 0 spiro atoms. The first-order chi connectivity index (χ1) is 17.0. The van der Waals surface area contributed by atoms with Crippen LogP contribution in [0.2, 0.25) is 0 Å². The Balaban J connectivity index is 1.91. The van der Waals surface area contributed by atoms with Crippen molar-refractivity contribution < 1.29 is 14.4 Å². The number of quaternary nitrogens is 1. The molecule has 0 aromatic rings. The van der Waals surface area contributed by atoms with Gasteiger partial charge in [0.1, 0.15) is 12.4 Å². The number of amidine groups is 1. The number of carboxylic acid groups (broad SMARTS) is 1. The van der Waals surface area contributed by atoms with Crippen molar-refractivity contribution in [2.45, 2.75) is 148 Å². The lowest BCUT2D eigenvalue weighted by molar-refractivity contribution is -0.805. The lowest BCUT2D eigenvalue weighted by Gasteiger charge is -2.34. The molecule has 0 saturated carbocycles. The first kappa shape index (κ1) is 31.6. The van der Waals surface area contributed by atoms with Crippen LogP contribution in [0.25, 0.3) is 0 Å². The van der Waals surface area contributed by atoms with E-state index in [-0.39, 0.29) is 17.2 Å². The number of rotatable bonds is 24. The van der Waals surface area contributed by atoms with Crippen molar-refractivity contribution in [2.75, 3.05) is 6.54 Å². The fourth-order valence-electron chi connectivity index (χ4n) is 5.00. The Morgan fingerprint density at radius 1 is 0.857 bits per heavy atom. The number of carbonyl (C=O) groups is 1. The summed E-state index contributed by atoms with van der Waals surface area (Å²) in [5, 5.41) is 9.28. The van der Waals surface area contributed by atoms with E-state index in [9.17, 15) is 9.90 Å². The van der Waals surface area contributed by atoms with Gasteiger partial charge in [-0.05, 0) is 32.1 Å². The largest absolute Gasteiger partial charge is 0.477 e. The van der Waals surface area contributed by atoms with Crippen molar-refractivity contribution in [1.29, 1.82) is 0 Å². The van der Waals surface area contributed by atoms with Gasteiger partial charge in [-0.3, -0.25) is 5.73 Å². The summed E-state index contributed by atoms with van der Waals surface area (Å²) in [5.74, 6) is 0.0428. The zero-order valence-corrected chi connectivity index (χ0v) is 23.1. The molecule has 0 amide bonds. The van der Waals surface area contributed by atoms with Crippen molar-refractivity contribution in [3.05, 3.63) is 24.6 Å². The average Bonchev–Trinajstić information content (AvgIpc) is 3.23. The molecule has 3 N–H and O–H groups in total. The van der Waals surface area contributed by atoms with Crippen LogP contribution in [-0.2, 0) is 4.79 Å². The van der Waals surface area contributed by atoms with Crippen LogP contribution in [-0.4, -0.2) is 34.1 Å². The second-order valence-electron chi connectivity index (χ2n) is 10.5. The SMILES string of the molecule is CCCCCCCCCCCCCCCC/C=C/CCCCCC1=NC=C[N+]1(CC(=O)O)C(C)N. The van der Waals surface area contributed by atoms with E-state index in [1.54, 1.807) is 6.20 Å². The van der Waals surface area contributed by atoms with Crippen molar-refractivity contribution in [3.63, 3.8) is 0 Å². The minimum Gasteiger partial charge on any atom is -0.477 e. The summed E-state index contributed by atoms with van der Waals surface area (Å²) in [5.41, 5.74) is 6.12. The Hall–Kier alpha value is -1.46. The predicted octanol–water partition coefficient (Wildman–Crippen LogP) is 8.45. The number of hydrogen-bond acceptors (Lipinski definition) is 3. The first-order valence-electron chi connectivity index (χ1n) is 14.8. The molecule has 2 unspecified atom stereocenters. The predicted molar refractivity (Wildman–Crippen MR) is 150 cm³/mol. The Morgan fingerprint density at radius 3 is 1.77 bits per heavy atom. The highest BCUT2D eigenvalue weighted by Crippen LogP contribution is 2.23. The second kappa shape index (κ2) is 20.7. The molecule has 1 aliphatic rings. The quantitative estimate of drug-likeness (QED) is 0.0809. The smallest absolute Gasteiger partial charge is 0.360 e. The third kappa shape index (κ3) is 14.6. The molecule has 35 heavy (non-hydrogen) atoms. The van der Waals surface area contributed by atoms with Gasteiger partial charge in [0, 0.05) is 13.3 Å². The number of allylic oxidation sites excluding steroid dienone is 2. The van der Waals surface area contributed by atoms with E-state index in [2.05, 4.69) is 24.1 Å². The van der Waals surface area contributed by atoms with Crippen molar-refractivity contribution in [1.82, 2.24) is 0 Å². The molecular weight excluding hydrogens is 434 g/mol. The highest BCUT2D eigenvalue weighted by Gasteiger charge is 2.40. The Morgan fingerprint density at radius 2 is 1.31 bits per heavy atom. The molecule has 0 fully saturated rings. The van der Waals surface area contributed by atoms with Gasteiger partial charge < -0.3 is 5.11 Å². The summed E-state index contributed by atoms with van der Waals surface area (Å²) >= 11 is 0. The zero-order chi connectivity index (χ0) is 25.6. The van der Waals surface area contributed by atoms with E-state index in [1.807, 2.05) is 13.1 Å². The molecule has 0 aromatic heterocycles. The summed E-state index contributed by atoms with van der Waals surface area (Å²) in [6, 6.07) is 0. The minimum atomic E-state index is -0.842. The van der Waals surface area contributed by atoms with Crippen LogP contribution in [0.5, 0.6) is 0 Å². The van der Waals surface area contributed by atoms with E-state index in [0.717, 1.165) is 31.5 Å². The average molecular weight is 491 g/mol. The Bertz CT molecular complexity index is 627. The summed E-state index contributed by atoms with van der Waals surface area (Å²) < 4.78 is 0.161. The van der Waals surface area contributed by atoms with Crippen molar-refractivity contribution >= 4 is 11.8 Å². The highest BCUT2D eigenvalue weighted by atomic mass is 16.4. The van der Waals surface area contributed by atoms with Gasteiger partial charge in [0.05, 0.1) is 6.20 Å². The highest BCUT2D eigenvalue weighted by molar-refractivity contribution is 5.81. The molecule has 5 heteroatoms. The maximum absolute atomic E-state index is 11.3. The van der Waals surface area contributed by atoms with Crippen LogP contribution in [0.4, 0.5) is 0 Å². The summed E-state index contributed by atoms with van der Waals surface area (Å²) in [6.07, 6.45) is 34.2. The zero-order valence-electron chi connectivity index (χ0n) is 23.1. The van der Waals surface area contributed by atoms with Crippen molar-refractivity contribution in [3.8, 4) is 0 Å². The van der Waals surface area contributed by atoms with Crippen LogP contribution >= 0.6 is 0 Å². The topological polar surface area (TPSA) is 75.7 Å². The summed E-state index contributed by atoms with van der Waals surface area (Å²) in [4.78, 5) is 15.7. The van der Waals surface area contributed by atoms with Gasteiger partial charge in [-0.2, -0.15) is 0 Å². The maximum Gasteiger partial charge on any atom is 0.360 e. The number of unbranched alkanes of at least 4 members (excludes halogenated alkanes) is 17. The second-order valence-corrected chi connectivity index (χ2v) is 10.5. The van der Waals surface area contributed by atoms with Crippen molar-refractivity contribution in [2.24, 2.45) is 10.7 Å². The van der Waals surface area contributed by atoms with Crippen LogP contribution in [0.3, 0.4) is 0 Å². The molecule has 1 rings (SSSR count). The molecule has 0 saturated heterocycles. The number of carboxylic acids is 1. The molecule has 0 radical (unpaired) electrons. The minimum absolute atomic E-state index is 0.0327. The standard InChI is InChI=1S/C30H55N3O2/c1-3-4-5-6-7-8-9-10-11-12-13-14-15-16-17-18-19-20-21-22-23-24-29-32-25-26-33(29,28(2)31)27-30(34)35/h18-19,25-26,28H,3-17,20-24,27,31H2,1-2H3/p+1/b19-18+. The van der Waals surface area contributed by atoms with Gasteiger partial charge in [-0.15, -0.1) is 0 Å². The number of nitrogens with two attached hydrogens (primary N) is 1. The number of aliphatic imine (C=N–C) groups is 1. The summed E-state index contributed by atoms with van der Waals surface area (Å²) in [6.45, 7) is 4.11. The molecule has 0 aliphatic carbocycles. The lowest BCUT2D eigenvalue weighted by Crippen LogP contribution is -2.59. The van der Waals surface area contributed by atoms with Gasteiger partial charge in [-0.1, -0.05) is 109 Å². The van der Waals surface area contributed by atoms with Gasteiger partial charge in [-0.25, -0.2) is 14.3 Å². The fraction of sp³-hybridized carbons (Fsp3) is 0.800. The third-order valence-electron chi connectivity index (χ3n) is 7.32. The molecule has 0 aromatic carbocycles. The molecule has 0 bridgehead atoms. The van der Waals surface area contributed by atoms with Gasteiger partial charge in [0.2, 0.25) is 5.84 Å².